The Bertz CT molecular complexity index is 568. The van der Waals surface area contributed by atoms with Crippen LogP contribution in [0, 0.1) is 12.3 Å². The Morgan fingerprint density at radius 1 is 1.24 bits per heavy atom. The first-order valence-corrected chi connectivity index (χ1v) is 9.28. The molecule has 0 aromatic heterocycles. The predicted octanol–water partition coefficient (Wildman–Crippen LogP) is 3.27. The van der Waals surface area contributed by atoms with Crippen LogP contribution in [0.1, 0.15) is 43.7 Å². The van der Waals surface area contributed by atoms with Gasteiger partial charge < -0.3 is 20.1 Å². The highest BCUT2D eigenvalue weighted by atomic mass is 16.5. The molecule has 0 amide bonds. The molecule has 1 aliphatic rings. The van der Waals surface area contributed by atoms with E-state index >= 15 is 0 Å². The molecule has 2 rings (SSSR count). The van der Waals surface area contributed by atoms with Crippen LogP contribution in [-0.2, 0) is 11.3 Å². The molecular formula is C20H33N3O2. The summed E-state index contributed by atoms with van der Waals surface area (Å²) in [4.78, 5) is 4.35. The van der Waals surface area contributed by atoms with Crippen LogP contribution in [0.5, 0.6) is 5.75 Å². The summed E-state index contributed by atoms with van der Waals surface area (Å²) in [5.41, 5.74) is 2.76. The molecule has 0 heterocycles. The zero-order valence-corrected chi connectivity index (χ0v) is 16.2. The lowest BCUT2D eigenvalue weighted by Gasteiger charge is -2.19. The first-order chi connectivity index (χ1) is 12.1. The van der Waals surface area contributed by atoms with Gasteiger partial charge in [-0.2, -0.15) is 0 Å². The van der Waals surface area contributed by atoms with Crippen LogP contribution in [0.25, 0.3) is 0 Å². The third-order valence-corrected chi connectivity index (χ3v) is 4.78. The summed E-state index contributed by atoms with van der Waals surface area (Å²) in [6.07, 6.45) is 4.66. The van der Waals surface area contributed by atoms with Crippen molar-refractivity contribution in [3.63, 3.8) is 0 Å². The van der Waals surface area contributed by atoms with Gasteiger partial charge in [0.25, 0.3) is 0 Å². The minimum atomic E-state index is 0.396. The van der Waals surface area contributed by atoms with Gasteiger partial charge in [0.15, 0.2) is 5.96 Å². The summed E-state index contributed by atoms with van der Waals surface area (Å²) in [6, 6.07) is 6.35. The molecule has 0 saturated heterocycles. The zero-order chi connectivity index (χ0) is 18.1. The molecule has 25 heavy (non-hydrogen) atoms. The SMILES string of the molecule is CCCOc1cc(C)ccc1CNC(=NC)NCC1(CCOC)CC1. The molecule has 1 saturated carbocycles. The number of hydrogen-bond donors (Lipinski definition) is 2. The number of hydrogen-bond acceptors (Lipinski definition) is 3. The molecule has 0 spiro atoms. The van der Waals surface area contributed by atoms with E-state index in [1.807, 2.05) is 7.05 Å². The van der Waals surface area contributed by atoms with Gasteiger partial charge in [-0.25, -0.2) is 0 Å². The van der Waals surface area contributed by atoms with E-state index < -0.39 is 0 Å². The Kier molecular flexibility index (Phi) is 7.56. The van der Waals surface area contributed by atoms with Crippen molar-refractivity contribution in [1.29, 1.82) is 0 Å². The third kappa shape index (κ3) is 6.24. The highest BCUT2D eigenvalue weighted by molar-refractivity contribution is 5.79. The molecule has 0 unspecified atom stereocenters. The normalized spacial score (nSPS) is 15.8. The lowest BCUT2D eigenvalue weighted by Crippen LogP contribution is -2.40. The molecule has 0 aliphatic heterocycles. The van der Waals surface area contributed by atoms with Crippen molar-refractivity contribution in [1.82, 2.24) is 10.6 Å². The van der Waals surface area contributed by atoms with E-state index in [0.717, 1.165) is 49.9 Å². The summed E-state index contributed by atoms with van der Waals surface area (Å²) in [5.74, 6) is 1.80. The van der Waals surface area contributed by atoms with Gasteiger partial charge in [0.05, 0.1) is 6.61 Å². The number of aliphatic imine (C=N–C) groups is 1. The molecule has 1 aromatic rings. The molecule has 1 aliphatic carbocycles. The summed E-state index contributed by atoms with van der Waals surface area (Å²) >= 11 is 0. The van der Waals surface area contributed by atoms with E-state index in [2.05, 4.69) is 47.7 Å². The average Bonchev–Trinajstić information content (AvgIpc) is 3.39. The quantitative estimate of drug-likeness (QED) is 0.504. The number of rotatable bonds is 10. The van der Waals surface area contributed by atoms with E-state index in [4.69, 9.17) is 9.47 Å². The number of aryl methyl sites for hydroxylation is 1. The summed E-state index contributed by atoms with van der Waals surface area (Å²) < 4.78 is 11.1. The largest absolute Gasteiger partial charge is 0.493 e. The Balaban J connectivity index is 1.86. The van der Waals surface area contributed by atoms with Crippen molar-refractivity contribution in [2.75, 3.05) is 33.9 Å². The van der Waals surface area contributed by atoms with Crippen LogP contribution >= 0.6 is 0 Å². The molecule has 2 N–H and O–H groups in total. The van der Waals surface area contributed by atoms with Crippen molar-refractivity contribution in [2.45, 2.75) is 46.1 Å². The van der Waals surface area contributed by atoms with Gasteiger partial charge in [0.2, 0.25) is 0 Å². The lowest BCUT2D eigenvalue weighted by atomic mass is 10.0. The highest BCUT2D eigenvalue weighted by Crippen LogP contribution is 2.48. The van der Waals surface area contributed by atoms with E-state index in [9.17, 15) is 0 Å². The zero-order valence-electron chi connectivity index (χ0n) is 16.2. The van der Waals surface area contributed by atoms with Gasteiger partial charge >= 0.3 is 0 Å². The molecule has 140 valence electrons. The van der Waals surface area contributed by atoms with Crippen LogP contribution in [0.3, 0.4) is 0 Å². The molecule has 5 nitrogen and oxygen atoms in total. The van der Waals surface area contributed by atoms with Gasteiger partial charge in [-0.3, -0.25) is 4.99 Å². The van der Waals surface area contributed by atoms with E-state index in [0.29, 0.717) is 12.0 Å². The fourth-order valence-electron chi connectivity index (χ4n) is 2.84. The van der Waals surface area contributed by atoms with Crippen LogP contribution in [0.2, 0.25) is 0 Å². The summed E-state index contributed by atoms with van der Waals surface area (Å²) in [6.45, 7) is 7.43. The third-order valence-electron chi connectivity index (χ3n) is 4.78. The van der Waals surface area contributed by atoms with Gasteiger partial charge in [0.1, 0.15) is 5.75 Å². The summed E-state index contributed by atoms with van der Waals surface area (Å²) in [7, 11) is 3.58. The molecule has 5 heteroatoms. The van der Waals surface area contributed by atoms with Crippen molar-refractivity contribution < 1.29 is 9.47 Å². The maximum atomic E-state index is 5.89. The number of nitrogens with zero attached hydrogens (tertiary/aromatic N) is 1. The standard InChI is InChI=1S/C20H33N3O2/c1-5-11-25-18-13-16(2)6-7-17(18)14-22-19(21-3)23-15-20(8-9-20)10-12-24-4/h6-7,13H,5,8-12,14-15H2,1-4H3,(H2,21,22,23). The maximum absolute atomic E-state index is 5.89. The minimum Gasteiger partial charge on any atom is -0.493 e. The van der Waals surface area contributed by atoms with Gasteiger partial charge in [-0.1, -0.05) is 19.1 Å². The second-order valence-electron chi connectivity index (χ2n) is 6.98. The van der Waals surface area contributed by atoms with Gasteiger partial charge in [-0.05, 0) is 49.7 Å². The fourth-order valence-corrected chi connectivity index (χ4v) is 2.84. The average molecular weight is 348 g/mol. The van der Waals surface area contributed by atoms with Crippen LogP contribution in [0.4, 0.5) is 0 Å². The van der Waals surface area contributed by atoms with Gasteiger partial charge in [0, 0.05) is 39.4 Å². The number of guanidine groups is 1. The van der Waals surface area contributed by atoms with Crippen LogP contribution in [-0.4, -0.2) is 39.9 Å². The van der Waals surface area contributed by atoms with Crippen molar-refractivity contribution in [2.24, 2.45) is 10.4 Å². The summed E-state index contributed by atoms with van der Waals surface area (Å²) in [5, 5.41) is 6.87. The predicted molar refractivity (Wildman–Crippen MR) is 103 cm³/mol. The molecule has 1 aromatic carbocycles. The number of benzene rings is 1. The fraction of sp³-hybridized carbons (Fsp3) is 0.650. The van der Waals surface area contributed by atoms with Crippen molar-refractivity contribution in [3.8, 4) is 5.75 Å². The second kappa shape index (κ2) is 9.66. The van der Waals surface area contributed by atoms with Crippen molar-refractivity contribution >= 4 is 5.96 Å². The number of methoxy groups -OCH3 is 1. The Morgan fingerprint density at radius 2 is 2.04 bits per heavy atom. The van der Waals surface area contributed by atoms with E-state index in [1.165, 1.54) is 18.4 Å². The molecular weight excluding hydrogens is 314 g/mol. The highest BCUT2D eigenvalue weighted by Gasteiger charge is 2.41. The number of ether oxygens (including phenoxy) is 2. The second-order valence-corrected chi connectivity index (χ2v) is 6.98. The Labute approximate surface area is 152 Å². The first kappa shape index (κ1) is 19.6. The Morgan fingerprint density at radius 3 is 2.68 bits per heavy atom. The van der Waals surface area contributed by atoms with Crippen LogP contribution in [0.15, 0.2) is 23.2 Å². The molecule has 0 bridgehead atoms. The Hall–Kier alpha value is -1.75. The van der Waals surface area contributed by atoms with Crippen LogP contribution < -0.4 is 15.4 Å². The topological polar surface area (TPSA) is 54.9 Å². The first-order valence-electron chi connectivity index (χ1n) is 9.28. The molecule has 0 atom stereocenters. The van der Waals surface area contributed by atoms with E-state index in [1.54, 1.807) is 7.11 Å². The van der Waals surface area contributed by atoms with Crippen molar-refractivity contribution in [3.05, 3.63) is 29.3 Å². The molecule has 0 radical (unpaired) electrons. The smallest absolute Gasteiger partial charge is 0.191 e. The minimum absolute atomic E-state index is 0.396. The van der Waals surface area contributed by atoms with E-state index in [-0.39, 0.29) is 0 Å². The monoisotopic (exact) mass is 347 g/mol. The number of nitrogens with one attached hydrogen (secondary N) is 2. The lowest BCUT2D eigenvalue weighted by molar-refractivity contribution is 0.172. The molecule has 1 fully saturated rings. The maximum Gasteiger partial charge on any atom is 0.191 e. The van der Waals surface area contributed by atoms with Gasteiger partial charge in [-0.15, -0.1) is 0 Å².